The highest BCUT2D eigenvalue weighted by molar-refractivity contribution is 5.44. The smallest absolute Gasteiger partial charge is 0.298 e. The standard InChI is InChI=1S/C16H20N8O/c1-16(2)3-6-22(7-4-16)13-9-14(18-11-17-13)24-15(25)12(10-20-24)23-8-5-19-21-23/h5,8-11,20H,3-4,6-7H2,1-2H3. The number of nitrogens with one attached hydrogen (secondary N) is 1. The zero-order valence-electron chi connectivity index (χ0n) is 14.3. The Morgan fingerprint density at radius 3 is 2.64 bits per heavy atom. The van der Waals surface area contributed by atoms with Gasteiger partial charge < -0.3 is 4.90 Å². The highest BCUT2D eigenvalue weighted by atomic mass is 16.1. The van der Waals surface area contributed by atoms with Crippen LogP contribution in [0.15, 0.2) is 35.8 Å². The van der Waals surface area contributed by atoms with Crippen LogP contribution in [-0.4, -0.2) is 47.8 Å². The largest absolute Gasteiger partial charge is 0.356 e. The van der Waals surface area contributed by atoms with E-state index in [1.807, 2.05) is 6.07 Å². The summed E-state index contributed by atoms with van der Waals surface area (Å²) in [5.41, 5.74) is 0.516. The predicted molar refractivity (Wildman–Crippen MR) is 92.1 cm³/mol. The number of piperidine rings is 1. The molecule has 0 aliphatic carbocycles. The van der Waals surface area contributed by atoms with Crippen LogP contribution in [0.3, 0.4) is 0 Å². The maximum atomic E-state index is 12.6. The minimum Gasteiger partial charge on any atom is -0.356 e. The lowest BCUT2D eigenvalue weighted by Gasteiger charge is -2.37. The summed E-state index contributed by atoms with van der Waals surface area (Å²) >= 11 is 0. The van der Waals surface area contributed by atoms with Crippen LogP contribution in [0.5, 0.6) is 0 Å². The van der Waals surface area contributed by atoms with Crippen LogP contribution in [0.4, 0.5) is 5.82 Å². The van der Waals surface area contributed by atoms with Crippen LogP contribution in [0.1, 0.15) is 26.7 Å². The molecule has 1 N–H and O–H groups in total. The van der Waals surface area contributed by atoms with Crippen molar-refractivity contribution < 1.29 is 0 Å². The number of rotatable bonds is 3. The maximum Gasteiger partial charge on any atom is 0.298 e. The molecule has 3 aromatic heterocycles. The second kappa shape index (κ2) is 5.83. The van der Waals surface area contributed by atoms with E-state index in [0.29, 0.717) is 16.9 Å². The van der Waals surface area contributed by atoms with E-state index in [-0.39, 0.29) is 5.56 Å². The molecule has 0 spiro atoms. The van der Waals surface area contributed by atoms with Crippen LogP contribution in [0, 0.1) is 5.41 Å². The first kappa shape index (κ1) is 15.6. The van der Waals surface area contributed by atoms with Crippen molar-refractivity contribution in [3.8, 4) is 11.5 Å². The van der Waals surface area contributed by atoms with E-state index in [4.69, 9.17) is 0 Å². The molecule has 0 radical (unpaired) electrons. The molecule has 4 heterocycles. The zero-order chi connectivity index (χ0) is 17.4. The highest BCUT2D eigenvalue weighted by Crippen LogP contribution is 2.31. The van der Waals surface area contributed by atoms with Crippen LogP contribution < -0.4 is 10.5 Å². The van der Waals surface area contributed by atoms with Crippen molar-refractivity contribution in [2.24, 2.45) is 5.41 Å². The number of aromatic amines is 1. The monoisotopic (exact) mass is 340 g/mol. The molecule has 1 aliphatic rings. The molecule has 0 unspecified atom stereocenters. The number of aromatic nitrogens is 7. The van der Waals surface area contributed by atoms with E-state index >= 15 is 0 Å². The summed E-state index contributed by atoms with van der Waals surface area (Å²) in [6.07, 6.45) is 8.46. The lowest BCUT2D eigenvalue weighted by atomic mass is 9.83. The maximum absolute atomic E-state index is 12.6. The molecule has 0 amide bonds. The Morgan fingerprint density at radius 1 is 1.16 bits per heavy atom. The molecular weight excluding hydrogens is 320 g/mol. The third-order valence-corrected chi connectivity index (χ3v) is 4.73. The van der Waals surface area contributed by atoms with Crippen molar-refractivity contribution in [3.63, 3.8) is 0 Å². The van der Waals surface area contributed by atoms with Crippen molar-refractivity contribution in [1.29, 1.82) is 0 Å². The minimum atomic E-state index is -0.241. The van der Waals surface area contributed by atoms with E-state index in [2.05, 4.69) is 44.1 Å². The number of anilines is 1. The van der Waals surface area contributed by atoms with Crippen LogP contribution in [-0.2, 0) is 0 Å². The molecule has 130 valence electrons. The molecule has 4 rings (SSSR count). The summed E-state index contributed by atoms with van der Waals surface area (Å²) < 4.78 is 2.81. The van der Waals surface area contributed by atoms with Gasteiger partial charge in [-0.1, -0.05) is 19.1 Å². The minimum absolute atomic E-state index is 0.241. The fraction of sp³-hybridized carbons (Fsp3) is 0.438. The van der Waals surface area contributed by atoms with Gasteiger partial charge in [-0.25, -0.2) is 14.6 Å². The number of nitrogens with zero attached hydrogens (tertiary/aromatic N) is 7. The van der Waals surface area contributed by atoms with Crippen LogP contribution in [0.2, 0.25) is 0 Å². The van der Waals surface area contributed by atoms with Crippen molar-refractivity contribution in [3.05, 3.63) is 41.3 Å². The van der Waals surface area contributed by atoms with Gasteiger partial charge in [0.15, 0.2) is 11.5 Å². The molecule has 0 bridgehead atoms. The Labute approximate surface area is 144 Å². The summed E-state index contributed by atoms with van der Waals surface area (Å²) in [6, 6.07) is 1.83. The van der Waals surface area contributed by atoms with E-state index in [1.165, 1.54) is 21.9 Å². The van der Waals surface area contributed by atoms with Crippen molar-refractivity contribution in [2.75, 3.05) is 18.0 Å². The van der Waals surface area contributed by atoms with Gasteiger partial charge in [0, 0.05) is 19.2 Å². The number of hydrogen-bond donors (Lipinski definition) is 1. The third-order valence-electron chi connectivity index (χ3n) is 4.73. The Balaban J connectivity index is 1.64. The van der Waals surface area contributed by atoms with Gasteiger partial charge >= 0.3 is 0 Å². The van der Waals surface area contributed by atoms with E-state index in [9.17, 15) is 4.79 Å². The summed E-state index contributed by atoms with van der Waals surface area (Å²) in [5, 5.41) is 10.5. The normalized spacial score (nSPS) is 17.0. The third kappa shape index (κ3) is 2.92. The Morgan fingerprint density at radius 2 is 1.92 bits per heavy atom. The summed E-state index contributed by atoms with van der Waals surface area (Å²) in [6.45, 7) is 6.49. The number of hydrogen-bond acceptors (Lipinski definition) is 6. The molecule has 3 aromatic rings. The Hall–Kier alpha value is -2.97. The van der Waals surface area contributed by atoms with Gasteiger partial charge in [0.1, 0.15) is 12.1 Å². The predicted octanol–water partition coefficient (Wildman–Crippen LogP) is 1.16. The molecule has 1 saturated heterocycles. The number of H-pyrrole nitrogens is 1. The quantitative estimate of drug-likeness (QED) is 0.768. The topological polar surface area (TPSA) is 97.5 Å². The molecular formula is C16H20N8O. The van der Waals surface area contributed by atoms with Gasteiger partial charge in [-0.3, -0.25) is 9.89 Å². The molecule has 0 atom stereocenters. The van der Waals surface area contributed by atoms with Gasteiger partial charge in [-0.2, -0.15) is 4.68 Å². The van der Waals surface area contributed by atoms with Crippen LogP contribution in [0.25, 0.3) is 11.5 Å². The molecule has 0 aromatic carbocycles. The summed E-state index contributed by atoms with van der Waals surface area (Å²) in [7, 11) is 0. The van der Waals surface area contributed by atoms with Crippen molar-refractivity contribution in [1.82, 2.24) is 34.7 Å². The molecule has 9 nitrogen and oxygen atoms in total. The molecule has 1 fully saturated rings. The zero-order valence-corrected chi connectivity index (χ0v) is 14.3. The fourth-order valence-electron chi connectivity index (χ4n) is 3.01. The van der Waals surface area contributed by atoms with E-state index in [0.717, 1.165) is 31.7 Å². The van der Waals surface area contributed by atoms with Crippen molar-refractivity contribution >= 4 is 5.82 Å². The average molecular weight is 340 g/mol. The first-order valence-electron chi connectivity index (χ1n) is 8.28. The molecule has 9 heteroatoms. The molecule has 25 heavy (non-hydrogen) atoms. The first-order chi connectivity index (χ1) is 12.0. The van der Waals surface area contributed by atoms with Crippen molar-refractivity contribution in [2.45, 2.75) is 26.7 Å². The van der Waals surface area contributed by atoms with E-state index in [1.54, 1.807) is 12.4 Å². The Bertz CT molecular complexity index is 914. The van der Waals surface area contributed by atoms with Gasteiger partial charge in [-0.05, 0) is 18.3 Å². The molecule has 0 saturated carbocycles. The second-order valence-electron chi connectivity index (χ2n) is 7.03. The average Bonchev–Trinajstić information content (AvgIpc) is 3.24. The van der Waals surface area contributed by atoms with Gasteiger partial charge in [-0.15, -0.1) is 5.10 Å². The lowest BCUT2D eigenvalue weighted by molar-refractivity contribution is 0.279. The summed E-state index contributed by atoms with van der Waals surface area (Å²) in [5.74, 6) is 1.34. The summed E-state index contributed by atoms with van der Waals surface area (Å²) in [4.78, 5) is 23.5. The fourth-order valence-corrected chi connectivity index (χ4v) is 3.01. The SMILES string of the molecule is CC1(C)CCN(c2cc(-n3[nH]cc(-n4ccnn4)c3=O)ncn2)CC1. The lowest BCUT2D eigenvalue weighted by Crippen LogP contribution is -2.37. The highest BCUT2D eigenvalue weighted by Gasteiger charge is 2.26. The van der Waals surface area contributed by atoms with E-state index < -0.39 is 0 Å². The second-order valence-corrected chi connectivity index (χ2v) is 7.03. The van der Waals surface area contributed by atoms with Crippen LogP contribution >= 0.6 is 0 Å². The van der Waals surface area contributed by atoms with Gasteiger partial charge in [0.25, 0.3) is 5.56 Å². The molecule has 1 aliphatic heterocycles. The Kier molecular flexibility index (Phi) is 3.63. The first-order valence-corrected chi connectivity index (χ1v) is 8.28. The van der Waals surface area contributed by atoms with Gasteiger partial charge in [0.05, 0.1) is 18.6 Å². The van der Waals surface area contributed by atoms with Gasteiger partial charge in [0.2, 0.25) is 0 Å².